The molecule has 1 aromatic carbocycles. The number of aromatic nitrogens is 2. The summed E-state index contributed by atoms with van der Waals surface area (Å²) in [5.41, 5.74) is 1.28. The minimum absolute atomic E-state index is 0.101. The highest BCUT2D eigenvalue weighted by Gasteiger charge is 2.17. The Balaban J connectivity index is 2.24. The summed E-state index contributed by atoms with van der Waals surface area (Å²) in [4.78, 5) is 10.2. The minimum atomic E-state index is -0.643. The highest BCUT2D eigenvalue weighted by Crippen LogP contribution is 2.27. The van der Waals surface area contributed by atoms with Crippen molar-refractivity contribution in [2.75, 3.05) is 5.32 Å². The van der Waals surface area contributed by atoms with E-state index in [9.17, 15) is 14.5 Å². The van der Waals surface area contributed by atoms with Gasteiger partial charge in [-0.05, 0) is 13.0 Å². The quantitative estimate of drug-likeness (QED) is 0.679. The summed E-state index contributed by atoms with van der Waals surface area (Å²) in [7, 11) is 1.78. The van der Waals surface area contributed by atoms with Crippen molar-refractivity contribution in [1.82, 2.24) is 9.78 Å². The molecule has 0 spiro atoms. The van der Waals surface area contributed by atoms with E-state index in [2.05, 4.69) is 10.4 Å². The second kappa shape index (κ2) is 5.05. The van der Waals surface area contributed by atoms with Gasteiger partial charge >= 0.3 is 0 Å². The smallest absolute Gasteiger partial charge is 0.295 e. The largest absolute Gasteiger partial charge is 0.373 e. The van der Waals surface area contributed by atoms with Crippen molar-refractivity contribution in [3.05, 3.63) is 51.6 Å². The van der Waals surface area contributed by atoms with Gasteiger partial charge in [-0.3, -0.25) is 14.8 Å². The predicted molar refractivity (Wildman–Crippen MR) is 68.3 cm³/mol. The minimum Gasteiger partial charge on any atom is -0.373 e. The molecule has 1 aromatic heterocycles. The number of rotatable bonds is 4. The van der Waals surface area contributed by atoms with Crippen molar-refractivity contribution < 1.29 is 9.31 Å². The fourth-order valence-corrected chi connectivity index (χ4v) is 1.85. The second-order valence-corrected chi connectivity index (χ2v) is 4.16. The van der Waals surface area contributed by atoms with Crippen molar-refractivity contribution >= 4 is 11.4 Å². The number of nitro benzene ring substituents is 1. The number of para-hydroxylation sites is 1. The molecule has 0 aliphatic rings. The number of nitrogens with zero attached hydrogens (tertiary/aromatic N) is 3. The lowest BCUT2D eigenvalue weighted by molar-refractivity contribution is -0.384. The van der Waals surface area contributed by atoms with Crippen molar-refractivity contribution in [2.45, 2.75) is 13.5 Å². The van der Waals surface area contributed by atoms with Crippen LogP contribution in [0.4, 0.5) is 15.8 Å². The van der Waals surface area contributed by atoms with E-state index < -0.39 is 10.7 Å². The Labute approximate surface area is 109 Å². The Morgan fingerprint density at radius 2 is 2.26 bits per heavy atom. The van der Waals surface area contributed by atoms with Gasteiger partial charge in [0, 0.05) is 31.4 Å². The van der Waals surface area contributed by atoms with Crippen LogP contribution < -0.4 is 5.32 Å². The van der Waals surface area contributed by atoms with Crippen LogP contribution in [0.15, 0.2) is 24.4 Å². The number of hydrogen-bond donors (Lipinski definition) is 1. The van der Waals surface area contributed by atoms with Crippen LogP contribution in [-0.4, -0.2) is 14.7 Å². The van der Waals surface area contributed by atoms with Gasteiger partial charge in [-0.2, -0.15) is 5.10 Å². The number of nitrogens with one attached hydrogen (secondary N) is 1. The molecule has 0 bridgehead atoms. The standard InChI is InChI=1S/C12H13FN4O2/c1-8-9(7-16(2)15-8)6-14-12-10(13)4-3-5-11(12)17(18)19/h3-5,7,14H,6H2,1-2H3. The molecule has 0 aliphatic carbocycles. The van der Waals surface area contributed by atoms with Crippen LogP contribution in [0, 0.1) is 22.9 Å². The van der Waals surface area contributed by atoms with Gasteiger partial charge in [0.05, 0.1) is 10.6 Å². The molecule has 2 rings (SSSR count). The Kier molecular flexibility index (Phi) is 3.46. The Morgan fingerprint density at radius 3 is 2.84 bits per heavy atom. The molecule has 6 nitrogen and oxygen atoms in total. The van der Waals surface area contributed by atoms with Crippen molar-refractivity contribution in [3.63, 3.8) is 0 Å². The maximum Gasteiger partial charge on any atom is 0.295 e. The number of nitro groups is 1. The summed E-state index contributed by atoms with van der Waals surface area (Å²) in [6.45, 7) is 2.11. The molecular weight excluding hydrogens is 251 g/mol. The lowest BCUT2D eigenvalue weighted by Gasteiger charge is -2.07. The average Bonchev–Trinajstić information content (AvgIpc) is 2.66. The summed E-state index contributed by atoms with van der Waals surface area (Å²) in [5.74, 6) is -0.643. The molecule has 19 heavy (non-hydrogen) atoms. The Bertz CT molecular complexity index is 624. The molecule has 0 unspecified atom stereocenters. The summed E-state index contributed by atoms with van der Waals surface area (Å²) in [6, 6.07) is 3.76. The fraction of sp³-hybridized carbons (Fsp3) is 0.250. The third-order valence-electron chi connectivity index (χ3n) is 2.76. The Morgan fingerprint density at radius 1 is 1.53 bits per heavy atom. The zero-order valence-corrected chi connectivity index (χ0v) is 10.6. The number of benzene rings is 1. The van der Waals surface area contributed by atoms with Crippen molar-refractivity contribution in [3.8, 4) is 0 Å². The van der Waals surface area contributed by atoms with Gasteiger partial charge in [-0.1, -0.05) is 6.07 Å². The van der Waals surface area contributed by atoms with Gasteiger partial charge in [0.25, 0.3) is 5.69 Å². The summed E-state index contributed by atoms with van der Waals surface area (Å²) in [6.07, 6.45) is 1.79. The lowest BCUT2D eigenvalue weighted by Crippen LogP contribution is -2.05. The van der Waals surface area contributed by atoms with E-state index in [1.807, 2.05) is 6.92 Å². The van der Waals surface area contributed by atoms with Crippen LogP contribution in [0.2, 0.25) is 0 Å². The lowest BCUT2D eigenvalue weighted by atomic mass is 10.2. The molecule has 0 amide bonds. The first kappa shape index (κ1) is 13.0. The van der Waals surface area contributed by atoms with Gasteiger partial charge in [0.2, 0.25) is 0 Å². The zero-order valence-electron chi connectivity index (χ0n) is 10.6. The molecular formula is C12H13FN4O2. The van der Waals surface area contributed by atoms with E-state index in [0.29, 0.717) is 0 Å². The van der Waals surface area contributed by atoms with Gasteiger partial charge in [0.15, 0.2) is 5.82 Å². The SMILES string of the molecule is Cc1nn(C)cc1CNc1c(F)cccc1[N+](=O)[O-]. The highest BCUT2D eigenvalue weighted by molar-refractivity contribution is 5.62. The van der Waals surface area contributed by atoms with E-state index in [1.54, 1.807) is 17.9 Å². The molecule has 0 radical (unpaired) electrons. The number of hydrogen-bond acceptors (Lipinski definition) is 4. The molecule has 100 valence electrons. The highest BCUT2D eigenvalue weighted by atomic mass is 19.1. The molecule has 0 saturated carbocycles. The third kappa shape index (κ3) is 2.70. The van der Waals surface area contributed by atoms with E-state index in [4.69, 9.17) is 0 Å². The number of anilines is 1. The van der Waals surface area contributed by atoms with Gasteiger partial charge < -0.3 is 5.32 Å². The van der Waals surface area contributed by atoms with Crippen LogP contribution in [0.3, 0.4) is 0 Å². The first-order chi connectivity index (χ1) is 8.99. The van der Waals surface area contributed by atoms with E-state index in [-0.39, 0.29) is 17.9 Å². The average molecular weight is 264 g/mol. The first-order valence-corrected chi connectivity index (χ1v) is 5.65. The maximum absolute atomic E-state index is 13.6. The van der Waals surface area contributed by atoms with E-state index >= 15 is 0 Å². The topological polar surface area (TPSA) is 73.0 Å². The molecule has 7 heteroatoms. The van der Waals surface area contributed by atoms with Gasteiger partial charge in [0.1, 0.15) is 5.69 Å². The molecule has 0 fully saturated rings. The summed E-state index contributed by atoms with van der Waals surface area (Å²) < 4.78 is 15.3. The fourth-order valence-electron chi connectivity index (χ4n) is 1.85. The molecule has 0 aliphatic heterocycles. The first-order valence-electron chi connectivity index (χ1n) is 5.65. The molecule has 0 saturated heterocycles. The van der Waals surface area contributed by atoms with E-state index in [1.165, 1.54) is 18.2 Å². The number of halogens is 1. The predicted octanol–water partition coefficient (Wildman–Crippen LogP) is 2.39. The van der Waals surface area contributed by atoms with Crippen LogP contribution in [-0.2, 0) is 13.6 Å². The zero-order chi connectivity index (χ0) is 14.0. The molecule has 2 aromatic rings. The maximum atomic E-state index is 13.6. The van der Waals surface area contributed by atoms with Crippen LogP contribution >= 0.6 is 0 Å². The monoisotopic (exact) mass is 264 g/mol. The van der Waals surface area contributed by atoms with Crippen LogP contribution in [0.25, 0.3) is 0 Å². The van der Waals surface area contributed by atoms with Crippen molar-refractivity contribution in [1.29, 1.82) is 0 Å². The third-order valence-corrected chi connectivity index (χ3v) is 2.76. The van der Waals surface area contributed by atoms with Gasteiger partial charge in [-0.25, -0.2) is 4.39 Å². The number of aryl methyl sites for hydroxylation is 2. The molecule has 0 atom stereocenters. The summed E-state index contributed by atoms with van der Waals surface area (Å²) in [5, 5.41) is 17.8. The second-order valence-electron chi connectivity index (χ2n) is 4.16. The van der Waals surface area contributed by atoms with Crippen LogP contribution in [0.1, 0.15) is 11.3 Å². The van der Waals surface area contributed by atoms with Gasteiger partial charge in [-0.15, -0.1) is 0 Å². The van der Waals surface area contributed by atoms with Crippen molar-refractivity contribution in [2.24, 2.45) is 7.05 Å². The van der Waals surface area contributed by atoms with Crippen LogP contribution in [0.5, 0.6) is 0 Å². The molecule has 1 heterocycles. The van der Waals surface area contributed by atoms with E-state index in [0.717, 1.165) is 11.3 Å². The molecule has 1 N–H and O–H groups in total. The summed E-state index contributed by atoms with van der Waals surface area (Å²) >= 11 is 0. The Hall–Kier alpha value is -2.44. The normalized spacial score (nSPS) is 10.5.